The second-order valence-electron chi connectivity index (χ2n) is 3.07. The van der Waals surface area contributed by atoms with Crippen LogP contribution in [0, 0.1) is 0 Å². The molecule has 3 nitrogen and oxygen atoms in total. The summed E-state index contributed by atoms with van der Waals surface area (Å²) in [5.74, 6) is -0.957. The molecule has 90 valence electrons. The summed E-state index contributed by atoms with van der Waals surface area (Å²) in [4.78, 5) is 15.0. The minimum atomic E-state index is -0.957. The van der Waals surface area contributed by atoms with E-state index in [1.165, 1.54) is 0 Å². The maximum absolute atomic E-state index is 11.0. The maximum Gasteiger partial charge on any atom is 0.337 e. The molecule has 0 fully saturated rings. The van der Waals surface area contributed by atoms with Crippen LogP contribution in [0.4, 0.5) is 0 Å². The molecule has 0 amide bonds. The number of aromatic carboxylic acids is 1. The van der Waals surface area contributed by atoms with Crippen molar-refractivity contribution in [2.45, 2.75) is 14.9 Å². The molecular formula is C14H17NO2. The zero-order chi connectivity index (χ0) is 10.7. The summed E-state index contributed by atoms with van der Waals surface area (Å²) >= 11 is 0. The van der Waals surface area contributed by atoms with Crippen molar-refractivity contribution in [3.8, 4) is 11.3 Å². The standard InChI is InChI=1S/C12H9NO2.2CH4/c14-12(15)10-7-4-8-13-11(10)9-5-2-1-3-6-9;;/h1-8H,(H,14,15);2*1H4. The Morgan fingerprint density at radius 2 is 1.65 bits per heavy atom. The van der Waals surface area contributed by atoms with Crippen LogP contribution in [0.2, 0.25) is 0 Å². The van der Waals surface area contributed by atoms with Crippen molar-refractivity contribution < 1.29 is 9.90 Å². The highest BCUT2D eigenvalue weighted by atomic mass is 16.4. The Labute approximate surface area is 102 Å². The molecule has 0 saturated heterocycles. The number of aromatic nitrogens is 1. The Bertz CT molecular complexity index is 481. The van der Waals surface area contributed by atoms with Gasteiger partial charge in [0.15, 0.2) is 0 Å². The van der Waals surface area contributed by atoms with Crippen LogP contribution in [0.1, 0.15) is 25.2 Å². The van der Waals surface area contributed by atoms with Crippen LogP contribution < -0.4 is 0 Å². The molecule has 1 aromatic carbocycles. The Morgan fingerprint density at radius 1 is 1.00 bits per heavy atom. The first kappa shape index (κ1) is 14.8. The number of carboxylic acids is 1. The predicted molar refractivity (Wildman–Crippen MR) is 70.1 cm³/mol. The summed E-state index contributed by atoms with van der Waals surface area (Å²) in [6, 6.07) is 12.5. The Hall–Kier alpha value is -2.16. The van der Waals surface area contributed by atoms with Gasteiger partial charge in [0.2, 0.25) is 0 Å². The summed E-state index contributed by atoms with van der Waals surface area (Å²) in [6.07, 6.45) is 1.59. The van der Waals surface area contributed by atoms with Gasteiger partial charge in [-0.15, -0.1) is 0 Å². The van der Waals surface area contributed by atoms with Crippen LogP contribution in [0.15, 0.2) is 48.7 Å². The topological polar surface area (TPSA) is 50.2 Å². The Balaban J connectivity index is 0.00000128. The van der Waals surface area contributed by atoms with Crippen molar-refractivity contribution >= 4 is 5.97 Å². The third kappa shape index (κ3) is 3.14. The lowest BCUT2D eigenvalue weighted by molar-refractivity contribution is 0.0697. The van der Waals surface area contributed by atoms with Crippen molar-refractivity contribution in [2.24, 2.45) is 0 Å². The van der Waals surface area contributed by atoms with Gasteiger partial charge in [0.1, 0.15) is 0 Å². The molecule has 0 aliphatic heterocycles. The maximum atomic E-state index is 11.0. The van der Waals surface area contributed by atoms with Crippen LogP contribution in [0.5, 0.6) is 0 Å². The number of hydrogen-bond donors (Lipinski definition) is 1. The minimum absolute atomic E-state index is 0. The third-order valence-electron chi connectivity index (χ3n) is 2.09. The molecule has 1 heterocycles. The van der Waals surface area contributed by atoms with Crippen molar-refractivity contribution in [1.82, 2.24) is 4.98 Å². The number of hydrogen-bond acceptors (Lipinski definition) is 2. The largest absolute Gasteiger partial charge is 0.478 e. The second-order valence-corrected chi connectivity index (χ2v) is 3.07. The summed E-state index contributed by atoms with van der Waals surface area (Å²) in [7, 11) is 0. The molecule has 0 atom stereocenters. The van der Waals surface area contributed by atoms with Gasteiger partial charge in [0, 0.05) is 11.8 Å². The van der Waals surface area contributed by atoms with Crippen LogP contribution in [-0.2, 0) is 0 Å². The van der Waals surface area contributed by atoms with E-state index in [1.807, 2.05) is 30.3 Å². The zero-order valence-electron chi connectivity index (χ0n) is 7.92. The van der Waals surface area contributed by atoms with Gasteiger partial charge >= 0.3 is 5.97 Å². The number of benzene rings is 1. The number of nitrogens with zero attached hydrogens (tertiary/aromatic N) is 1. The molecule has 3 heteroatoms. The van der Waals surface area contributed by atoms with E-state index < -0.39 is 5.97 Å². The highest BCUT2D eigenvalue weighted by Gasteiger charge is 2.11. The minimum Gasteiger partial charge on any atom is -0.478 e. The summed E-state index contributed by atoms with van der Waals surface area (Å²) < 4.78 is 0. The lowest BCUT2D eigenvalue weighted by Gasteiger charge is -2.03. The highest BCUT2D eigenvalue weighted by molar-refractivity contribution is 5.94. The molecule has 0 spiro atoms. The van der Waals surface area contributed by atoms with Crippen molar-refractivity contribution in [3.63, 3.8) is 0 Å². The average Bonchev–Trinajstić information content (AvgIpc) is 2.30. The van der Waals surface area contributed by atoms with E-state index in [-0.39, 0.29) is 20.4 Å². The van der Waals surface area contributed by atoms with Gasteiger partial charge in [-0.05, 0) is 12.1 Å². The van der Waals surface area contributed by atoms with Crippen molar-refractivity contribution in [3.05, 3.63) is 54.2 Å². The molecular weight excluding hydrogens is 214 g/mol. The molecule has 0 radical (unpaired) electrons. The smallest absolute Gasteiger partial charge is 0.337 e. The van der Waals surface area contributed by atoms with Crippen molar-refractivity contribution in [1.29, 1.82) is 0 Å². The van der Waals surface area contributed by atoms with Gasteiger partial charge in [-0.3, -0.25) is 4.98 Å². The van der Waals surface area contributed by atoms with E-state index in [4.69, 9.17) is 5.11 Å². The number of rotatable bonds is 2. The molecule has 0 saturated carbocycles. The summed E-state index contributed by atoms with van der Waals surface area (Å²) in [5.41, 5.74) is 1.55. The van der Waals surface area contributed by atoms with E-state index in [1.54, 1.807) is 18.3 Å². The van der Waals surface area contributed by atoms with Crippen LogP contribution in [-0.4, -0.2) is 16.1 Å². The van der Waals surface area contributed by atoms with Crippen LogP contribution >= 0.6 is 0 Å². The normalized spacial score (nSPS) is 8.71. The molecule has 0 aliphatic carbocycles. The number of carboxylic acid groups (broad SMARTS) is 1. The molecule has 0 aliphatic rings. The molecule has 1 aromatic heterocycles. The first-order chi connectivity index (χ1) is 7.29. The number of carbonyl (C=O) groups is 1. The van der Waals surface area contributed by atoms with Crippen LogP contribution in [0.3, 0.4) is 0 Å². The highest BCUT2D eigenvalue weighted by Crippen LogP contribution is 2.20. The lowest BCUT2D eigenvalue weighted by atomic mass is 10.1. The monoisotopic (exact) mass is 231 g/mol. The Morgan fingerprint density at radius 3 is 2.24 bits per heavy atom. The predicted octanol–water partition coefficient (Wildman–Crippen LogP) is 3.72. The lowest BCUT2D eigenvalue weighted by Crippen LogP contribution is -2.00. The zero-order valence-corrected chi connectivity index (χ0v) is 7.92. The average molecular weight is 231 g/mol. The van der Waals surface area contributed by atoms with Crippen LogP contribution in [0.25, 0.3) is 11.3 Å². The Kier molecular flexibility index (Phi) is 5.61. The van der Waals surface area contributed by atoms with Crippen molar-refractivity contribution in [2.75, 3.05) is 0 Å². The third-order valence-corrected chi connectivity index (χ3v) is 2.09. The summed E-state index contributed by atoms with van der Waals surface area (Å²) in [6.45, 7) is 0. The molecule has 17 heavy (non-hydrogen) atoms. The summed E-state index contributed by atoms with van der Waals surface area (Å²) in [5, 5.41) is 8.99. The van der Waals surface area contributed by atoms with Gasteiger partial charge in [0.05, 0.1) is 11.3 Å². The molecule has 2 aromatic rings. The molecule has 2 rings (SSSR count). The number of pyridine rings is 1. The van der Waals surface area contributed by atoms with Gasteiger partial charge in [0.25, 0.3) is 0 Å². The van der Waals surface area contributed by atoms with E-state index in [9.17, 15) is 4.79 Å². The van der Waals surface area contributed by atoms with Gasteiger partial charge in [-0.2, -0.15) is 0 Å². The second kappa shape index (κ2) is 6.43. The van der Waals surface area contributed by atoms with Gasteiger partial charge in [-0.1, -0.05) is 45.2 Å². The van der Waals surface area contributed by atoms with Gasteiger partial charge < -0.3 is 5.11 Å². The first-order valence-corrected chi connectivity index (χ1v) is 4.53. The van der Waals surface area contributed by atoms with E-state index >= 15 is 0 Å². The fraction of sp³-hybridized carbons (Fsp3) is 0.143. The van der Waals surface area contributed by atoms with Gasteiger partial charge in [-0.25, -0.2) is 4.79 Å². The molecule has 0 unspecified atom stereocenters. The quantitative estimate of drug-likeness (QED) is 0.857. The molecule has 1 N–H and O–H groups in total. The van der Waals surface area contributed by atoms with E-state index in [2.05, 4.69) is 4.98 Å². The SMILES string of the molecule is C.C.O=C(O)c1cccnc1-c1ccccc1. The van der Waals surface area contributed by atoms with E-state index in [0.29, 0.717) is 5.69 Å². The fourth-order valence-corrected chi connectivity index (χ4v) is 1.40. The first-order valence-electron chi connectivity index (χ1n) is 4.53. The van der Waals surface area contributed by atoms with E-state index in [0.717, 1.165) is 5.56 Å². The molecule has 0 bridgehead atoms. The fourth-order valence-electron chi connectivity index (χ4n) is 1.40.